The number of anilines is 1. The normalized spacial score (nSPS) is 21.1. The molecule has 1 fully saturated rings. The predicted molar refractivity (Wildman–Crippen MR) is 102 cm³/mol. The van der Waals surface area contributed by atoms with Crippen LogP contribution in [0.1, 0.15) is 13.8 Å². The molecule has 7 heteroatoms. The first-order chi connectivity index (χ1) is 13.1. The molecule has 1 N–H and O–H groups in total. The molecular formula is C21H19ClF3NO2. The smallest absolute Gasteiger partial charge is 0.426 e. The molecule has 3 rings (SSSR count). The van der Waals surface area contributed by atoms with Crippen molar-refractivity contribution in [3.63, 3.8) is 0 Å². The van der Waals surface area contributed by atoms with Crippen molar-refractivity contribution in [3.8, 4) is 11.5 Å². The zero-order valence-electron chi connectivity index (χ0n) is 15.3. The van der Waals surface area contributed by atoms with Gasteiger partial charge in [0.05, 0.1) is 5.92 Å². The molecule has 3 nitrogen and oxygen atoms in total. The first kappa shape index (κ1) is 20.3. The molecule has 0 radical (unpaired) electrons. The molecule has 1 amide bonds. The van der Waals surface area contributed by atoms with Crippen LogP contribution in [0.25, 0.3) is 0 Å². The second-order valence-corrected chi connectivity index (χ2v) is 7.67. The van der Waals surface area contributed by atoms with Crippen molar-refractivity contribution in [1.29, 1.82) is 0 Å². The van der Waals surface area contributed by atoms with Crippen LogP contribution < -0.4 is 10.1 Å². The number of allylic oxidation sites excluding steroid dienone is 2. The highest BCUT2D eigenvalue weighted by Crippen LogP contribution is 2.60. The van der Waals surface area contributed by atoms with Crippen LogP contribution in [0.3, 0.4) is 0 Å². The minimum atomic E-state index is -4.60. The summed E-state index contributed by atoms with van der Waals surface area (Å²) in [4.78, 5) is 12.5. The third-order valence-corrected chi connectivity index (χ3v) is 5.23. The minimum Gasteiger partial charge on any atom is -0.457 e. The topological polar surface area (TPSA) is 38.3 Å². The van der Waals surface area contributed by atoms with Gasteiger partial charge in [-0.1, -0.05) is 49.7 Å². The number of hydrogen-bond acceptors (Lipinski definition) is 2. The maximum atomic E-state index is 12.6. The van der Waals surface area contributed by atoms with Gasteiger partial charge in [-0.2, -0.15) is 13.2 Å². The second-order valence-electron chi connectivity index (χ2n) is 7.27. The zero-order chi connectivity index (χ0) is 20.5. The summed E-state index contributed by atoms with van der Waals surface area (Å²) in [5.74, 6) is -0.190. The minimum absolute atomic E-state index is 0.338. The number of hydrogen-bond donors (Lipinski definition) is 1. The van der Waals surface area contributed by atoms with Gasteiger partial charge in [-0.3, -0.25) is 4.79 Å². The maximum Gasteiger partial charge on any atom is 0.426 e. The van der Waals surface area contributed by atoms with E-state index in [9.17, 15) is 18.0 Å². The molecule has 0 bridgehead atoms. The van der Waals surface area contributed by atoms with Gasteiger partial charge < -0.3 is 10.1 Å². The van der Waals surface area contributed by atoms with E-state index in [1.165, 1.54) is 0 Å². The predicted octanol–water partition coefficient (Wildman–Crippen LogP) is 6.37. The first-order valence-corrected chi connectivity index (χ1v) is 9.05. The summed E-state index contributed by atoms with van der Waals surface area (Å²) in [5, 5.41) is 1.55. The van der Waals surface area contributed by atoms with Crippen LogP contribution in [0.15, 0.2) is 65.7 Å². The Hall–Kier alpha value is -2.47. The number of halogens is 4. The average Bonchev–Trinajstić information content (AvgIpc) is 3.17. The lowest BCUT2D eigenvalue weighted by atomic mass is 10.1. The molecule has 2 aromatic rings. The molecule has 1 saturated carbocycles. The van der Waals surface area contributed by atoms with Crippen molar-refractivity contribution in [2.45, 2.75) is 20.0 Å². The van der Waals surface area contributed by atoms with Crippen molar-refractivity contribution in [2.24, 2.45) is 17.3 Å². The molecule has 28 heavy (non-hydrogen) atoms. The Bertz CT molecular complexity index is 877. The van der Waals surface area contributed by atoms with Crippen molar-refractivity contribution in [3.05, 3.63) is 65.7 Å². The SMILES string of the molecule is CC1(C)C(/C=C(\Cl)C(F)(F)F)C1C(=O)Nc1ccc(Oc2ccccc2)cc1. The summed E-state index contributed by atoms with van der Waals surface area (Å²) < 4.78 is 43.6. The van der Waals surface area contributed by atoms with E-state index >= 15 is 0 Å². The van der Waals surface area contributed by atoms with Gasteiger partial charge in [0.25, 0.3) is 0 Å². The number of amides is 1. The van der Waals surface area contributed by atoms with Crippen molar-refractivity contribution < 1.29 is 22.7 Å². The van der Waals surface area contributed by atoms with Crippen LogP contribution in [0.5, 0.6) is 11.5 Å². The summed E-state index contributed by atoms with van der Waals surface area (Å²) in [7, 11) is 0. The molecule has 0 spiro atoms. The molecule has 0 saturated heterocycles. The fourth-order valence-corrected chi connectivity index (χ4v) is 3.33. The van der Waals surface area contributed by atoms with Gasteiger partial charge in [-0.25, -0.2) is 0 Å². The largest absolute Gasteiger partial charge is 0.457 e. The van der Waals surface area contributed by atoms with Crippen LogP contribution in [0.2, 0.25) is 0 Å². The Morgan fingerprint density at radius 2 is 1.64 bits per heavy atom. The molecule has 0 aliphatic heterocycles. The third-order valence-electron chi connectivity index (χ3n) is 4.89. The molecule has 2 aromatic carbocycles. The number of alkyl halides is 3. The molecule has 148 valence electrons. The lowest BCUT2D eigenvalue weighted by Gasteiger charge is -2.08. The number of carbonyl (C=O) groups is 1. The second kappa shape index (κ2) is 7.51. The molecule has 0 aromatic heterocycles. The molecule has 2 unspecified atom stereocenters. The van der Waals surface area contributed by atoms with E-state index in [1.54, 1.807) is 38.1 Å². The van der Waals surface area contributed by atoms with E-state index in [0.717, 1.165) is 6.08 Å². The Labute approximate surface area is 166 Å². The standard InChI is InChI=1S/C21H19ClF3NO2/c1-20(2)16(12-17(22)21(23,24)25)18(20)19(27)26-13-8-10-15(11-9-13)28-14-6-4-3-5-7-14/h3-12,16,18H,1-2H3,(H,26,27)/b17-12-. The first-order valence-electron chi connectivity index (χ1n) is 8.67. The quantitative estimate of drug-likeness (QED) is 0.622. The van der Waals surface area contributed by atoms with E-state index in [2.05, 4.69) is 5.32 Å². The number of nitrogens with one attached hydrogen (secondary N) is 1. The Balaban J connectivity index is 1.63. The summed E-state index contributed by atoms with van der Waals surface area (Å²) in [6.45, 7) is 3.49. The summed E-state index contributed by atoms with van der Waals surface area (Å²) in [6.07, 6.45) is -3.67. The van der Waals surface area contributed by atoms with Crippen LogP contribution in [0, 0.1) is 17.3 Å². The van der Waals surface area contributed by atoms with Crippen LogP contribution in [-0.2, 0) is 4.79 Å². The summed E-state index contributed by atoms with van der Waals surface area (Å²) in [6, 6.07) is 16.0. The summed E-state index contributed by atoms with van der Waals surface area (Å²) in [5.41, 5.74) is -0.0518. The van der Waals surface area contributed by atoms with E-state index in [0.29, 0.717) is 17.2 Å². The number of benzene rings is 2. The lowest BCUT2D eigenvalue weighted by Crippen LogP contribution is -2.16. The lowest BCUT2D eigenvalue weighted by molar-refractivity contribution is -0.118. The van der Waals surface area contributed by atoms with E-state index in [1.807, 2.05) is 30.3 Å². The zero-order valence-corrected chi connectivity index (χ0v) is 16.0. The molecule has 1 aliphatic carbocycles. The fraction of sp³-hybridized carbons (Fsp3) is 0.286. The highest BCUT2D eigenvalue weighted by atomic mass is 35.5. The van der Waals surface area contributed by atoms with Crippen molar-refractivity contribution in [1.82, 2.24) is 0 Å². The van der Waals surface area contributed by atoms with Gasteiger partial charge in [-0.05, 0) is 47.7 Å². The average molecular weight is 410 g/mol. The monoisotopic (exact) mass is 409 g/mol. The number of para-hydroxylation sites is 1. The van der Waals surface area contributed by atoms with Crippen molar-refractivity contribution in [2.75, 3.05) is 5.32 Å². The van der Waals surface area contributed by atoms with Gasteiger partial charge in [0.1, 0.15) is 16.5 Å². The number of ether oxygens (including phenoxy) is 1. The molecular weight excluding hydrogens is 391 g/mol. The van der Waals surface area contributed by atoms with Crippen LogP contribution in [-0.4, -0.2) is 12.1 Å². The third kappa shape index (κ3) is 4.50. The Morgan fingerprint density at radius 1 is 1.07 bits per heavy atom. The van der Waals surface area contributed by atoms with Crippen LogP contribution >= 0.6 is 11.6 Å². The van der Waals surface area contributed by atoms with Gasteiger partial charge in [-0.15, -0.1) is 0 Å². The van der Waals surface area contributed by atoms with Crippen molar-refractivity contribution >= 4 is 23.2 Å². The van der Waals surface area contributed by atoms with Gasteiger partial charge in [0, 0.05) is 5.69 Å². The van der Waals surface area contributed by atoms with Crippen LogP contribution in [0.4, 0.5) is 18.9 Å². The summed E-state index contributed by atoms with van der Waals surface area (Å²) >= 11 is 5.32. The number of carbonyl (C=O) groups excluding carboxylic acids is 1. The Morgan fingerprint density at radius 3 is 2.21 bits per heavy atom. The fourth-order valence-electron chi connectivity index (χ4n) is 3.19. The van der Waals surface area contributed by atoms with E-state index in [-0.39, 0.29) is 5.91 Å². The highest BCUT2D eigenvalue weighted by Gasteiger charge is 2.61. The Kier molecular flexibility index (Phi) is 5.44. The number of rotatable bonds is 5. The molecule has 0 heterocycles. The van der Waals surface area contributed by atoms with E-state index in [4.69, 9.17) is 16.3 Å². The van der Waals surface area contributed by atoms with Gasteiger partial charge in [0.15, 0.2) is 0 Å². The van der Waals surface area contributed by atoms with Gasteiger partial charge >= 0.3 is 6.18 Å². The maximum absolute atomic E-state index is 12.6. The molecule has 2 atom stereocenters. The van der Waals surface area contributed by atoms with E-state index < -0.39 is 28.5 Å². The van der Waals surface area contributed by atoms with Gasteiger partial charge in [0.2, 0.25) is 5.91 Å². The molecule has 1 aliphatic rings. The highest BCUT2D eigenvalue weighted by molar-refractivity contribution is 6.30.